The van der Waals surface area contributed by atoms with Crippen LogP contribution < -0.4 is 27.4 Å². The molecule has 0 aliphatic rings. The molecule has 0 unspecified atom stereocenters. The average Bonchev–Trinajstić information content (AvgIpc) is 3.20. The number of hydrogen-bond acceptors (Lipinski definition) is 7. The van der Waals surface area contributed by atoms with Gasteiger partial charge in [0.05, 0.1) is 35.8 Å². The number of halogens is 5. The molecule has 0 bridgehead atoms. The van der Waals surface area contributed by atoms with Gasteiger partial charge in [-0.3, -0.25) is 4.79 Å². The number of nitrogens with one attached hydrogen (secondary N) is 3. The Morgan fingerprint density at radius 2 is 1.78 bits per heavy atom. The molecule has 0 spiro atoms. The lowest BCUT2D eigenvalue weighted by Gasteiger charge is -2.13. The first-order valence-electron chi connectivity index (χ1n) is 11.8. The van der Waals surface area contributed by atoms with Crippen molar-refractivity contribution in [2.45, 2.75) is 19.3 Å². The minimum absolute atomic E-state index is 0.0400. The number of methoxy groups -OCH3 is 1. The molecule has 0 saturated heterocycles. The molecule has 0 atom stereocenters. The largest absolute Gasteiger partial charge is 0.416 e. The minimum Gasteiger partial charge on any atom is -0.382 e. The highest BCUT2D eigenvalue weighted by molar-refractivity contribution is 6.00. The van der Waals surface area contributed by atoms with Crippen LogP contribution >= 0.6 is 0 Å². The number of nitrogen functional groups attached to an aromatic ring is 1. The molecular weight excluding hydrogens is 555 g/mol. The van der Waals surface area contributed by atoms with Gasteiger partial charge in [-0.15, -0.1) is 0 Å². The van der Waals surface area contributed by atoms with E-state index in [1.165, 1.54) is 30.1 Å². The fraction of sp³-hybridized carbons (Fsp3) is 0.200. The SMILES string of the molecule is COCc1c(-c2ccc(NC(=O)Nc3cc(C(F)(F)F)ccc3F)c(F)c2)c2c(N)ncnn2c1CNCC(N)=O. The van der Waals surface area contributed by atoms with Crippen molar-refractivity contribution in [3.63, 3.8) is 0 Å². The van der Waals surface area contributed by atoms with Crippen LogP contribution in [0.5, 0.6) is 0 Å². The third-order valence-corrected chi connectivity index (χ3v) is 5.89. The van der Waals surface area contributed by atoms with Crippen molar-refractivity contribution in [3.8, 4) is 11.1 Å². The maximum absolute atomic E-state index is 15.2. The Kier molecular flexibility index (Phi) is 8.34. The lowest BCUT2D eigenvalue weighted by Crippen LogP contribution is -2.29. The molecule has 2 heterocycles. The smallest absolute Gasteiger partial charge is 0.382 e. The van der Waals surface area contributed by atoms with Crippen LogP contribution in [0, 0.1) is 11.6 Å². The van der Waals surface area contributed by atoms with Crippen LogP contribution in [-0.2, 0) is 28.9 Å². The van der Waals surface area contributed by atoms with E-state index in [1.807, 2.05) is 5.32 Å². The van der Waals surface area contributed by atoms with Gasteiger partial charge in [-0.25, -0.2) is 23.1 Å². The van der Waals surface area contributed by atoms with E-state index in [9.17, 15) is 27.2 Å². The number of carbonyl (C=O) groups excluding carboxylic acids is 2. The highest BCUT2D eigenvalue weighted by Crippen LogP contribution is 2.37. The first-order chi connectivity index (χ1) is 19.4. The fourth-order valence-corrected chi connectivity index (χ4v) is 4.16. The standard InChI is InChI=1S/C25H23F5N8O3/c1-41-10-14-19(8-33-9-20(31)39)38-22(23(32)34-11-35-38)21(14)12-2-5-17(16(27)6-12)36-24(40)37-18-7-13(25(28,29)30)3-4-15(18)26/h2-7,11,33H,8-10H2,1H3,(H2,31,39)(H2,32,34,35)(H2,36,37,40). The fourth-order valence-electron chi connectivity index (χ4n) is 4.16. The molecule has 0 aliphatic carbocycles. The highest BCUT2D eigenvalue weighted by atomic mass is 19.4. The number of primary amides is 1. The average molecular weight is 579 g/mol. The zero-order valence-electron chi connectivity index (χ0n) is 21.3. The predicted molar refractivity (Wildman–Crippen MR) is 138 cm³/mol. The number of ether oxygens (including phenoxy) is 1. The summed E-state index contributed by atoms with van der Waals surface area (Å²) in [6.07, 6.45) is -3.54. The maximum atomic E-state index is 15.2. The monoisotopic (exact) mass is 578 g/mol. The van der Waals surface area contributed by atoms with E-state index in [-0.39, 0.29) is 31.2 Å². The molecule has 2 aromatic carbocycles. The molecule has 0 aliphatic heterocycles. The zero-order chi connectivity index (χ0) is 29.9. The van der Waals surface area contributed by atoms with Crippen molar-refractivity contribution in [1.82, 2.24) is 19.9 Å². The Balaban J connectivity index is 1.67. The number of rotatable bonds is 9. The van der Waals surface area contributed by atoms with Crippen molar-refractivity contribution in [2.75, 3.05) is 30.0 Å². The zero-order valence-corrected chi connectivity index (χ0v) is 21.3. The van der Waals surface area contributed by atoms with Crippen LogP contribution in [0.15, 0.2) is 42.7 Å². The van der Waals surface area contributed by atoms with Crippen LogP contribution in [-0.4, -0.2) is 40.2 Å². The third-order valence-electron chi connectivity index (χ3n) is 5.89. The normalized spacial score (nSPS) is 11.6. The Labute approximate surface area is 228 Å². The summed E-state index contributed by atoms with van der Waals surface area (Å²) in [6, 6.07) is 4.07. The van der Waals surface area contributed by atoms with Crippen molar-refractivity contribution in [2.24, 2.45) is 5.73 Å². The maximum Gasteiger partial charge on any atom is 0.416 e. The summed E-state index contributed by atoms with van der Waals surface area (Å²) in [4.78, 5) is 27.6. The molecule has 0 radical (unpaired) electrons. The number of amides is 3. The summed E-state index contributed by atoms with van der Waals surface area (Å²) in [5, 5.41) is 11.2. The van der Waals surface area contributed by atoms with Crippen LogP contribution in [0.2, 0.25) is 0 Å². The van der Waals surface area contributed by atoms with Gasteiger partial charge < -0.3 is 32.2 Å². The van der Waals surface area contributed by atoms with Gasteiger partial charge in [-0.05, 0) is 35.9 Å². The molecule has 216 valence electrons. The highest BCUT2D eigenvalue weighted by Gasteiger charge is 2.31. The Hall–Kier alpha value is -4.83. The number of alkyl halides is 3. The van der Waals surface area contributed by atoms with Gasteiger partial charge in [-0.2, -0.15) is 18.3 Å². The summed E-state index contributed by atoms with van der Waals surface area (Å²) >= 11 is 0. The summed E-state index contributed by atoms with van der Waals surface area (Å²) in [5.74, 6) is -2.55. The predicted octanol–water partition coefficient (Wildman–Crippen LogP) is 3.64. The van der Waals surface area contributed by atoms with Crippen LogP contribution in [0.4, 0.5) is 43.9 Å². The van der Waals surface area contributed by atoms with Crippen molar-refractivity contribution in [3.05, 3.63) is 71.2 Å². The van der Waals surface area contributed by atoms with Crippen molar-refractivity contribution < 1.29 is 36.3 Å². The van der Waals surface area contributed by atoms with Gasteiger partial charge in [-0.1, -0.05) is 6.07 Å². The number of nitrogens with two attached hydrogens (primary N) is 2. The van der Waals surface area contributed by atoms with E-state index < -0.39 is 41.0 Å². The van der Waals surface area contributed by atoms with E-state index in [1.54, 1.807) is 0 Å². The first-order valence-corrected chi connectivity index (χ1v) is 11.8. The number of aromatic nitrogens is 3. The molecule has 0 fully saturated rings. The second kappa shape index (κ2) is 11.7. The first kappa shape index (κ1) is 29.2. The molecule has 3 amide bonds. The van der Waals surface area contributed by atoms with E-state index in [4.69, 9.17) is 16.2 Å². The molecule has 4 aromatic rings. The summed E-state index contributed by atoms with van der Waals surface area (Å²) < 4.78 is 74.9. The van der Waals surface area contributed by atoms with Crippen molar-refractivity contribution in [1.29, 1.82) is 0 Å². The van der Waals surface area contributed by atoms with Crippen molar-refractivity contribution >= 4 is 34.6 Å². The number of nitrogens with zero attached hydrogens (tertiary/aromatic N) is 3. The Bertz CT molecular complexity index is 1620. The van der Waals surface area contributed by atoms with Crippen LogP contribution in [0.25, 0.3) is 16.6 Å². The molecule has 11 nitrogen and oxygen atoms in total. The molecule has 7 N–H and O–H groups in total. The van der Waals surface area contributed by atoms with Gasteiger partial charge in [0.25, 0.3) is 0 Å². The number of benzene rings is 2. The quantitative estimate of drug-likeness (QED) is 0.190. The van der Waals surface area contributed by atoms with Gasteiger partial charge in [0.15, 0.2) is 5.82 Å². The molecule has 0 saturated carbocycles. The minimum atomic E-state index is -4.76. The molecule has 4 rings (SSSR count). The lowest BCUT2D eigenvalue weighted by atomic mass is 10.0. The summed E-state index contributed by atoms with van der Waals surface area (Å²) in [6.45, 7) is 0.0307. The van der Waals surface area contributed by atoms with E-state index in [0.717, 1.165) is 6.07 Å². The number of fused-ring (bicyclic) bond motifs is 1. The third kappa shape index (κ3) is 6.33. The number of anilines is 3. The number of carbonyl (C=O) groups is 2. The number of urea groups is 1. The van der Waals surface area contributed by atoms with E-state index in [0.29, 0.717) is 46.1 Å². The Morgan fingerprint density at radius 1 is 1.05 bits per heavy atom. The molecule has 2 aromatic heterocycles. The summed E-state index contributed by atoms with van der Waals surface area (Å²) in [5.41, 5.74) is 11.2. The second-order valence-electron chi connectivity index (χ2n) is 8.67. The topological polar surface area (TPSA) is 162 Å². The lowest BCUT2D eigenvalue weighted by molar-refractivity contribution is -0.137. The van der Waals surface area contributed by atoms with Gasteiger partial charge in [0.2, 0.25) is 5.91 Å². The van der Waals surface area contributed by atoms with Gasteiger partial charge in [0.1, 0.15) is 23.5 Å². The molecule has 16 heteroatoms. The van der Waals surface area contributed by atoms with Gasteiger partial charge >= 0.3 is 12.2 Å². The van der Waals surface area contributed by atoms with Gasteiger partial charge in [0, 0.05) is 24.8 Å². The van der Waals surface area contributed by atoms with E-state index >= 15 is 4.39 Å². The Morgan fingerprint density at radius 3 is 2.44 bits per heavy atom. The molecular formula is C25H23F5N8O3. The second-order valence-corrected chi connectivity index (χ2v) is 8.67. The summed E-state index contributed by atoms with van der Waals surface area (Å²) in [7, 11) is 1.45. The molecule has 41 heavy (non-hydrogen) atoms. The number of hydrogen-bond donors (Lipinski definition) is 5. The van der Waals surface area contributed by atoms with Crippen LogP contribution in [0.1, 0.15) is 16.8 Å². The van der Waals surface area contributed by atoms with Crippen LogP contribution in [0.3, 0.4) is 0 Å². The van der Waals surface area contributed by atoms with E-state index in [2.05, 4.69) is 20.7 Å².